The molecule has 0 bridgehead atoms. The normalized spacial score (nSPS) is 22.0. The van der Waals surface area contributed by atoms with Crippen LogP contribution in [-0.4, -0.2) is 32.8 Å². The van der Waals surface area contributed by atoms with Crippen LogP contribution in [0.3, 0.4) is 0 Å². The van der Waals surface area contributed by atoms with Crippen molar-refractivity contribution in [3.63, 3.8) is 0 Å². The van der Waals surface area contributed by atoms with Gasteiger partial charge < -0.3 is 15.0 Å². The van der Waals surface area contributed by atoms with Gasteiger partial charge in [0.2, 0.25) is 0 Å². The first-order valence-electron chi connectivity index (χ1n) is 6.45. The predicted octanol–water partition coefficient (Wildman–Crippen LogP) is 2.85. The minimum absolute atomic E-state index is 0.273. The van der Waals surface area contributed by atoms with E-state index in [0.717, 1.165) is 30.3 Å². The van der Waals surface area contributed by atoms with E-state index in [-0.39, 0.29) is 12.1 Å². The Morgan fingerprint density at radius 3 is 2.89 bits per heavy atom. The van der Waals surface area contributed by atoms with Gasteiger partial charge in [0.05, 0.1) is 12.7 Å². The Morgan fingerprint density at radius 2 is 2.28 bits per heavy atom. The van der Waals surface area contributed by atoms with Gasteiger partial charge in [-0.25, -0.2) is 0 Å². The number of nitrogens with zero attached hydrogens (tertiary/aromatic N) is 1. The van der Waals surface area contributed by atoms with Crippen LogP contribution in [0, 0.1) is 0 Å². The standard InChI is InChI=1S/C14H21ClN2O/c1-10-9-17(6-7-18-10)12-4-5-13(11(2)16-3)14(15)8-12/h4-5,8,10-11,16H,6-7,9H2,1-3H3. The maximum Gasteiger partial charge on any atom is 0.0722 e. The van der Waals surface area contributed by atoms with Crippen molar-refractivity contribution in [2.75, 3.05) is 31.6 Å². The van der Waals surface area contributed by atoms with E-state index in [0.29, 0.717) is 0 Å². The van der Waals surface area contributed by atoms with Gasteiger partial charge >= 0.3 is 0 Å². The van der Waals surface area contributed by atoms with Crippen molar-refractivity contribution in [1.29, 1.82) is 0 Å². The minimum atomic E-state index is 0.273. The highest BCUT2D eigenvalue weighted by atomic mass is 35.5. The zero-order chi connectivity index (χ0) is 13.1. The van der Waals surface area contributed by atoms with Crippen molar-refractivity contribution < 1.29 is 4.74 Å². The van der Waals surface area contributed by atoms with Gasteiger partial charge in [0.1, 0.15) is 0 Å². The first kappa shape index (κ1) is 13.7. The highest BCUT2D eigenvalue weighted by Crippen LogP contribution is 2.28. The SMILES string of the molecule is CNC(C)c1ccc(N2CCOC(C)C2)cc1Cl. The topological polar surface area (TPSA) is 24.5 Å². The van der Waals surface area contributed by atoms with Gasteiger partial charge in [-0.3, -0.25) is 0 Å². The summed E-state index contributed by atoms with van der Waals surface area (Å²) in [4.78, 5) is 2.33. The third kappa shape index (κ3) is 2.97. The second-order valence-electron chi connectivity index (χ2n) is 4.84. The average molecular weight is 269 g/mol. The lowest BCUT2D eigenvalue weighted by Gasteiger charge is -2.33. The van der Waals surface area contributed by atoms with E-state index in [1.807, 2.05) is 7.05 Å². The lowest BCUT2D eigenvalue weighted by atomic mass is 10.1. The highest BCUT2D eigenvalue weighted by molar-refractivity contribution is 6.31. The fourth-order valence-electron chi connectivity index (χ4n) is 2.27. The zero-order valence-electron chi connectivity index (χ0n) is 11.2. The van der Waals surface area contributed by atoms with Gasteiger partial charge in [-0.05, 0) is 38.6 Å². The van der Waals surface area contributed by atoms with Crippen molar-refractivity contribution in [2.24, 2.45) is 0 Å². The van der Waals surface area contributed by atoms with E-state index in [1.165, 1.54) is 5.69 Å². The Hall–Kier alpha value is -0.770. The molecule has 3 nitrogen and oxygen atoms in total. The summed E-state index contributed by atoms with van der Waals surface area (Å²) in [7, 11) is 1.94. The van der Waals surface area contributed by atoms with Gasteiger partial charge in [0.25, 0.3) is 0 Å². The average Bonchev–Trinajstić information content (AvgIpc) is 2.37. The molecule has 1 aliphatic rings. The zero-order valence-corrected chi connectivity index (χ0v) is 12.0. The van der Waals surface area contributed by atoms with E-state index >= 15 is 0 Å². The van der Waals surface area contributed by atoms with Crippen LogP contribution in [0.15, 0.2) is 18.2 Å². The third-order valence-electron chi connectivity index (χ3n) is 3.49. The van der Waals surface area contributed by atoms with Crippen molar-refractivity contribution in [1.82, 2.24) is 5.32 Å². The molecule has 1 fully saturated rings. The molecule has 0 spiro atoms. The fourth-order valence-corrected chi connectivity index (χ4v) is 2.61. The van der Waals surface area contributed by atoms with E-state index < -0.39 is 0 Å². The lowest BCUT2D eigenvalue weighted by Crippen LogP contribution is -2.41. The first-order valence-corrected chi connectivity index (χ1v) is 6.83. The predicted molar refractivity (Wildman–Crippen MR) is 76.6 cm³/mol. The number of ether oxygens (including phenoxy) is 1. The van der Waals surface area contributed by atoms with Gasteiger partial charge in [0.15, 0.2) is 0 Å². The molecule has 4 heteroatoms. The Morgan fingerprint density at radius 1 is 1.50 bits per heavy atom. The maximum atomic E-state index is 6.36. The van der Waals surface area contributed by atoms with Crippen molar-refractivity contribution >= 4 is 17.3 Å². The van der Waals surface area contributed by atoms with Gasteiger partial charge in [-0.1, -0.05) is 17.7 Å². The molecule has 2 rings (SSSR count). The highest BCUT2D eigenvalue weighted by Gasteiger charge is 2.18. The Bertz CT molecular complexity index is 411. The molecule has 0 aromatic heterocycles. The maximum absolute atomic E-state index is 6.36. The molecule has 1 heterocycles. The first-order chi connectivity index (χ1) is 8.61. The summed E-state index contributed by atoms with van der Waals surface area (Å²) in [6, 6.07) is 6.59. The molecule has 1 aliphatic heterocycles. The molecule has 2 atom stereocenters. The number of nitrogens with one attached hydrogen (secondary N) is 1. The molecule has 1 aromatic carbocycles. The summed E-state index contributed by atoms with van der Waals surface area (Å²) in [5.74, 6) is 0. The van der Waals surface area contributed by atoms with E-state index in [9.17, 15) is 0 Å². The summed E-state index contributed by atoms with van der Waals surface area (Å²) >= 11 is 6.36. The van der Waals surface area contributed by atoms with Crippen molar-refractivity contribution in [2.45, 2.75) is 26.0 Å². The number of rotatable bonds is 3. The molecule has 100 valence electrons. The smallest absolute Gasteiger partial charge is 0.0722 e. The lowest BCUT2D eigenvalue weighted by molar-refractivity contribution is 0.0532. The van der Waals surface area contributed by atoms with Crippen LogP contribution in [0.4, 0.5) is 5.69 Å². The molecular formula is C14H21ClN2O. The molecule has 0 radical (unpaired) electrons. The van der Waals surface area contributed by atoms with E-state index in [4.69, 9.17) is 16.3 Å². The number of hydrogen-bond acceptors (Lipinski definition) is 3. The molecule has 0 saturated carbocycles. The monoisotopic (exact) mass is 268 g/mol. The summed E-state index contributed by atoms with van der Waals surface area (Å²) in [6.45, 7) is 6.86. The number of hydrogen-bond donors (Lipinski definition) is 1. The van der Waals surface area contributed by atoms with Crippen LogP contribution in [0.2, 0.25) is 5.02 Å². The molecule has 0 aliphatic carbocycles. The molecule has 1 saturated heterocycles. The van der Waals surface area contributed by atoms with E-state index in [2.05, 4.69) is 42.3 Å². The van der Waals surface area contributed by atoms with Crippen LogP contribution in [0.1, 0.15) is 25.5 Å². The van der Waals surface area contributed by atoms with Crippen molar-refractivity contribution in [3.8, 4) is 0 Å². The largest absolute Gasteiger partial charge is 0.375 e. The van der Waals surface area contributed by atoms with Gasteiger partial charge in [0, 0.05) is 29.8 Å². The number of morpholine rings is 1. The van der Waals surface area contributed by atoms with Crippen LogP contribution >= 0.6 is 11.6 Å². The number of anilines is 1. The second kappa shape index (κ2) is 5.91. The summed E-state index contributed by atoms with van der Waals surface area (Å²) in [5, 5.41) is 4.04. The van der Waals surface area contributed by atoms with Crippen LogP contribution in [0.5, 0.6) is 0 Å². The number of halogens is 1. The van der Waals surface area contributed by atoms with Gasteiger partial charge in [-0.15, -0.1) is 0 Å². The van der Waals surface area contributed by atoms with E-state index in [1.54, 1.807) is 0 Å². The van der Waals surface area contributed by atoms with Crippen LogP contribution in [-0.2, 0) is 4.74 Å². The Labute approximate surface area is 114 Å². The third-order valence-corrected chi connectivity index (χ3v) is 3.82. The van der Waals surface area contributed by atoms with Crippen LogP contribution < -0.4 is 10.2 Å². The molecule has 2 unspecified atom stereocenters. The minimum Gasteiger partial charge on any atom is -0.375 e. The summed E-state index contributed by atoms with van der Waals surface area (Å²) in [5.41, 5.74) is 2.33. The second-order valence-corrected chi connectivity index (χ2v) is 5.25. The van der Waals surface area contributed by atoms with Crippen molar-refractivity contribution in [3.05, 3.63) is 28.8 Å². The quantitative estimate of drug-likeness (QED) is 0.912. The molecule has 1 N–H and O–H groups in total. The molecular weight excluding hydrogens is 248 g/mol. The summed E-state index contributed by atoms with van der Waals surface area (Å²) < 4.78 is 5.55. The fraction of sp³-hybridized carbons (Fsp3) is 0.571. The Balaban J connectivity index is 2.17. The molecule has 1 aromatic rings. The van der Waals surface area contributed by atoms with Gasteiger partial charge in [-0.2, -0.15) is 0 Å². The number of benzene rings is 1. The molecule has 0 amide bonds. The van der Waals surface area contributed by atoms with Crippen LogP contribution in [0.25, 0.3) is 0 Å². The summed E-state index contributed by atoms with van der Waals surface area (Å²) in [6.07, 6.45) is 0.286. The molecule has 18 heavy (non-hydrogen) atoms. The Kier molecular flexibility index (Phi) is 4.49.